The van der Waals surface area contributed by atoms with Crippen LogP contribution in [0.5, 0.6) is 0 Å². The monoisotopic (exact) mass is 356 g/mol. The van der Waals surface area contributed by atoms with Gasteiger partial charge in [-0.2, -0.15) is 9.36 Å². The topological polar surface area (TPSA) is 52.7 Å². The summed E-state index contributed by atoms with van der Waals surface area (Å²) in [5, 5.41) is 7.70. The molecular weight excluding hydrogens is 343 g/mol. The molecule has 0 saturated heterocycles. The Morgan fingerprint density at radius 1 is 1.39 bits per heavy atom. The molecule has 0 N–H and O–H groups in total. The molecule has 0 spiro atoms. The fraction of sp³-hybridized carbons (Fsp3) is 0.417. The smallest absolute Gasteiger partial charge is 0.244 e. The van der Waals surface area contributed by atoms with Crippen LogP contribution in [0, 0.1) is 0 Å². The lowest BCUT2D eigenvalue weighted by Crippen LogP contribution is -2.23. The number of benzene rings is 1. The average Bonchev–Trinajstić information content (AvgIpc) is 3.17. The maximum atomic E-state index is 11.9. The van der Waals surface area contributed by atoms with Gasteiger partial charge in [0.05, 0.1) is 5.69 Å². The van der Waals surface area contributed by atoms with E-state index in [1.165, 1.54) is 33.3 Å². The van der Waals surface area contributed by atoms with E-state index in [9.17, 15) is 4.79 Å². The first kappa shape index (κ1) is 11.9. The number of hydrogen-bond donors (Lipinski definition) is 0. The number of aryl methyl sites for hydroxylation is 1. The highest BCUT2D eigenvalue weighted by molar-refractivity contribution is 14.1. The summed E-state index contributed by atoms with van der Waals surface area (Å²) in [7, 11) is 1.61. The van der Waals surface area contributed by atoms with E-state index in [1.54, 1.807) is 7.05 Å². The predicted octanol–water partition coefficient (Wildman–Crippen LogP) is 1.78. The number of nitrogens with zero attached hydrogens (tertiary/aromatic N) is 4. The van der Waals surface area contributed by atoms with Crippen molar-refractivity contribution < 1.29 is 0 Å². The van der Waals surface area contributed by atoms with Crippen molar-refractivity contribution in [1.29, 1.82) is 0 Å². The van der Waals surface area contributed by atoms with Gasteiger partial charge in [-0.3, -0.25) is 0 Å². The number of alkyl halides is 1. The largest absolute Gasteiger partial charge is 0.368 e. The third-order valence-corrected chi connectivity index (χ3v) is 4.05. The summed E-state index contributed by atoms with van der Waals surface area (Å²) in [6.45, 7) is 0. The van der Waals surface area contributed by atoms with Gasteiger partial charge >= 0.3 is 5.69 Å². The van der Waals surface area contributed by atoms with Crippen molar-refractivity contribution in [3.63, 3.8) is 0 Å². The quantitative estimate of drug-likeness (QED) is 0.622. The first-order chi connectivity index (χ1) is 8.72. The van der Waals surface area contributed by atoms with Crippen LogP contribution in [0.4, 0.5) is 0 Å². The third-order valence-electron chi connectivity index (χ3n) is 3.29. The standard InChI is InChI=1S/C12H13IN4O/c1-16-12(18)17(15-14-16)11-4-2-3-9(8-5-6-8)10(11)7-13/h2-4,8H,5-7H2,1H3. The molecule has 0 bridgehead atoms. The van der Waals surface area contributed by atoms with Crippen LogP contribution in [0.15, 0.2) is 23.0 Å². The highest BCUT2D eigenvalue weighted by Crippen LogP contribution is 2.43. The zero-order valence-corrected chi connectivity index (χ0v) is 12.2. The molecule has 18 heavy (non-hydrogen) atoms. The zero-order chi connectivity index (χ0) is 12.7. The summed E-state index contributed by atoms with van der Waals surface area (Å²) in [5.74, 6) is 0.669. The van der Waals surface area contributed by atoms with Crippen molar-refractivity contribution >= 4 is 22.6 Å². The van der Waals surface area contributed by atoms with Crippen LogP contribution in [0.2, 0.25) is 0 Å². The molecule has 1 aromatic heterocycles. The maximum absolute atomic E-state index is 11.9. The Morgan fingerprint density at radius 2 is 2.17 bits per heavy atom. The molecule has 0 radical (unpaired) electrons. The summed E-state index contributed by atoms with van der Waals surface area (Å²) in [6, 6.07) is 6.10. The molecule has 6 heteroatoms. The van der Waals surface area contributed by atoms with E-state index < -0.39 is 0 Å². The maximum Gasteiger partial charge on any atom is 0.368 e. The van der Waals surface area contributed by atoms with Gasteiger partial charge in [0.1, 0.15) is 0 Å². The Balaban J connectivity index is 2.20. The highest BCUT2D eigenvalue weighted by Gasteiger charge is 2.27. The van der Waals surface area contributed by atoms with Gasteiger partial charge in [0.25, 0.3) is 0 Å². The molecule has 0 atom stereocenters. The van der Waals surface area contributed by atoms with Crippen molar-refractivity contribution in [3.8, 4) is 5.69 Å². The van der Waals surface area contributed by atoms with Crippen LogP contribution >= 0.6 is 22.6 Å². The van der Waals surface area contributed by atoms with E-state index >= 15 is 0 Å². The van der Waals surface area contributed by atoms with E-state index in [4.69, 9.17) is 0 Å². The minimum absolute atomic E-state index is 0.200. The normalized spacial score (nSPS) is 15.0. The van der Waals surface area contributed by atoms with Crippen molar-refractivity contribution in [2.75, 3.05) is 0 Å². The molecule has 0 unspecified atom stereocenters. The van der Waals surface area contributed by atoms with Crippen LogP contribution in [-0.2, 0) is 11.5 Å². The molecule has 1 aromatic carbocycles. The molecule has 94 valence electrons. The molecule has 2 aromatic rings. The Labute approximate surface area is 118 Å². The van der Waals surface area contributed by atoms with E-state index in [-0.39, 0.29) is 5.69 Å². The minimum atomic E-state index is -0.200. The first-order valence-electron chi connectivity index (χ1n) is 5.89. The van der Waals surface area contributed by atoms with Crippen LogP contribution < -0.4 is 5.69 Å². The molecule has 1 fully saturated rings. The molecule has 3 rings (SSSR count). The lowest BCUT2D eigenvalue weighted by Gasteiger charge is -2.10. The Kier molecular flexibility index (Phi) is 2.96. The Hall–Kier alpha value is -1.18. The number of rotatable bonds is 3. The van der Waals surface area contributed by atoms with E-state index in [1.807, 2.05) is 12.1 Å². The van der Waals surface area contributed by atoms with Crippen LogP contribution in [0.3, 0.4) is 0 Å². The third kappa shape index (κ3) is 1.88. The molecule has 0 aliphatic heterocycles. The average molecular weight is 356 g/mol. The zero-order valence-electron chi connectivity index (χ0n) is 10.0. The number of hydrogen-bond acceptors (Lipinski definition) is 3. The van der Waals surface area contributed by atoms with E-state index in [0.29, 0.717) is 5.92 Å². The van der Waals surface area contributed by atoms with Crippen molar-refractivity contribution in [2.24, 2.45) is 7.05 Å². The summed E-state index contributed by atoms with van der Waals surface area (Å²) < 4.78 is 3.52. The van der Waals surface area contributed by atoms with Gasteiger partial charge < -0.3 is 0 Å². The van der Waals surface area contributed by atoms with Crippen LogP contribution in [-0.4, -0.2) is 19.8 Å². The van der Waals surface area contributed by atoms with Gasteiger partial charge in [0.15, 0.2) is 0 Å². The second-order valence-corrected chi connectivity index (χ2v) is 5.31. The molecular formula is C12H13IN4O. The summed E-state index contributed by atoms with van der Waals surface area (Å²) in [6.07, 6.45) is 2.50. The first-order valence-corrected chi connectivity index (χ1v) is 7.42. The molecule has 0 amide bonds. The van der Waals surface area contributed by atoms with Crippen molar-refractivity contribution in [1.82, 2.24) is 19.8 Å². The summed E-state index contributed by atoms with van der Waals surface area (Å²) in [4.78, 5) is 11.9. The van der Waals surface area contributed by atoms with Crippen LogP contribution in [0.1, 0.15) is 29.9 Å². The fourth-order valence-corrected chi connectivity index (χ4v) is 3.01. The highest BCUT2D eigenvalue weighted by atomic mass is 127. The lowest BCUT2D eigenvalue weighted by molar-refractivity contribution is 0.692. The number of aromatic nitrogens is 4. The summed E-state index contributed by atoms with van der Waals surface area (Å²) in [5.41, 5.74) is 3.24. The second-order valence-electron chi connectivity index (χ2n) is 4.55. The van der Waals surface area contributed by atoms with Crippen molar-refractivity contribution in [2.45, 2.75) is 23.2 Å². The van der Waals surface area contributed by atoms with Gasteiger partial charge in [-0.05, 0) is 46.4 Å². The number of tetrazole rings is 1. The predicted molar refractivity (Wildman–Crippen MR) is 76.3 cm³/mol. The minimum Gasteiger partial charge on any atom is -0.244 e. The second kappa shape index (κ2) is 4.49. The number of halogens is 1. The lowest BCUT2D eigenvalue weighted by atomic mass is 10.0. The van der Waals surface area contributed by atoms with Gasteiger partial charge in [-0.25, -0.2) is 4.79 Å². The van der Waals surface area contributed by atoms with Gasteiger partial charge in [0.2, 0.25) is 0 Å². The molecule has 1 saturated carbocycles. The van der Waals surface area contributed by atoms with E-state index in [2.05, 4.69) is 39.1 Å². The van der Waals surface area contributed by atoms with Gasteiger partial charge in [0, 0.05) is 11.5 Å². The van der Waals surface area contributed by atoms with Gasteiger partial charge in [-0.1, -0.05) is 34.7 Å². The summed E-state index contributed by atoms with van der Waals surface area (Å²) >= 11 is 2.34. The molecule has 5 nitrogen and oxygen atoms in total. The van der Waals surface area contributed by atoms with E-state index in [0.717, 1.165) is 10.1 Å². The SMILES string of the molecule is Cn1nnn(-c2cccc(C3CC3)c2CI)c1=O. The Morgan fingerprint density at radius 3 is 2.72 bits per heavy atom. The van der Waals surface area contributed by atoms with Crippen LogP contribution in [0.25, 0.3) is 5.69 Å². The molecule has 1 heterocycles. The van der Waals surface area contributed by atoms with Gasteiger partial charge in [-0.15, -0.1) is 0 Å². The van der Waals surface area contributed by atoms with Crippen molar-refractivity contribution in [3.05, 3.63) is 39.8 Å². The Bertz CT molecular complexity index is 642. The molecule has 1 aliphatic rings. The molecule has 1 aliphatic carbocycles. The fourth-order valence-electron chi connectivity index (χ4n) is 2.18.